The Bertz CT molecular complexity index is 638. The van der Waals surface area contributed by atoms with Gasteiger partial charge in [0.05, 0.1) is 6.26 Å². The van der Waals surface area contributed by atoms with Gasteiger partial charge in [-0.3, -0.25) is 9.59 Å². The Morgan fingerprint density at radius 1 is 1.17 bits per heavy atom. The van der Waals surface area contributed by atoms with Crippen molar-refractivity contribution in [3.63, 3.8) is 0 Å². The minimum absolute atomic E-state index is 0.0220. The summed E-state index contributed by atoms with van der Waals surface area (Å²) in [4.78, 5) is 25.2. The third-order valence-corrected chi connectivity index (χ3v) is 3.69. The van der Waals surface area contributed by atoms with Crippen LogP contribution in [0.25, 0.3) is 0 Å². The van der Waals surface area contributed by atoms with Crippen LogP contribution in [0, 0.1) is 0 Å². The fourth-order valence-electron chi connectivity index (χ4n) is 2.14. The lowest BCUT2D eigenvalue weighted by Crippen LogP contribution is -2.38. The first kappa shape index (κ1) is 17.1. The third kappa shape index (κ3) is 5.45. The highest BCUT2D eigenvalue weighted by Gasteiger charge is 2.11. The maximum atomic E-state index is 11.7. The van der Waals surface area contributed by atoms with E-state index in [0.29, 0.717) is 24.7 Å². The van der Waals surface area contributed by atoms with Crippen molar-refractivity contribution in [2.24, 2.45) is 0 Å². The SMILES string of the molecule is CC(=O)N(CCNC(=O)c1ccco1)CCc1ccc(Cl)cc1. The summed E-state index contributed by atoms with van der Waals surface area (Å²) in [5.41, 5.74) is 1.11. The smallest absolute Gasteiger partial charge is 0.287 e. The second kappa shape index (κ2) is 8.39. The molecular formula is C17H19ClN2O3. The molecule has 2 aromatic rings. The molecule has 0 radical (unpaired) electrons. The topological polar surface area (TPSA) is 62.6 Å². The minimum atomic E-state index is -0.281. The average molecular weight is 335 g/mol. The van der Waals surface area contributed by atoms with Crippen molar-refractivity contribution in [3.8, 4) is 0 Å². The van der Waals surface area contributed by atoms with E-state index in [1.54, 1.807) is 17.0 Å². The zero-order valence-corrected chi connectivity index (χ0v) is 13.7. The molecule has 0 aliphatic rings. The van der Waals surface area contributed by atoms with Crippen molar-refractivity contribution in [1.29, 1.82) is 0 Å². The van der Waals surface area contributed by atoms with Gasteiger partial charge in [-0.1, -0.05) is 23.7 Å². The number of benzene rings is 1. The Balaban J connectivity index is 1.78. The summed E-state index contributed by atoms with van der Waals surface area (Å²) in [6.45, 7) is 2.94. The largest absolute Gasteiger partial charge is 0.459 e. The molecule has 0 spiro atoms. The Labute approximate surface area is 140 Å². The van der Waals surface area contributed by atoms with E-state index in [1.807, 2.05) is 24.3 Å². The molecule has 23 heavy (non-hydrogen) atoms. The van der Waals surface area contributed by atoms with E-state index >= 15 is 0 Å². The molecule has 0 saturated heterocycles. The number of carbonyl (C=O) groups excluding carboxylic acids is 2. The van der Waals surface area contributed by atoms with Crippen LogP contribution in [0.3, 0.4) is 0 Å². The number of nitrogens with one attached hydrogen (secondary N) is 1. The van der Waals surface area contributed by atoms with Crippen LogP contribution in [-0.2, 0) is 11.2 Å². The zero-order chi connectivity index (χ0) is 16.7. The minimum Gasteiger partial charge on any atom is -0.459 e. The number of carbonyl (C=O) groups is 2. The highest BCUT2D eigenvalue weighted by molar-refractivity contribution is 6.30. The molecule has 1 N–H and O–H groups in total. The van der Waals surface area contributed by atoms with Crippen LogP contribution in [0.15, 0.2) is 47.1 Å². The molecule has 0 bridgehead atoms. The molecule has 0 unspecified atom stereocenters. The van der Waals surface area contributed by atoms with Crippen LogP contribution in [0.1, 0.15) is 23.0 Å². The quantitative estimate of drug-likeness (QED) is 0.847. The maximum Gasteiger partial charge on any atom is 0.287 e. The first-order valence-electron chi connectivity index (χ1n) is 7.38. The third-order valence-electron chi connectivity index (χ3n) is 3.44. The molecule has 0 saturated carbocycles. The average Bonchev–Trinajstić information content (AvgIpc) is 3.06. The first-order chi connectivity index (χ1) is 11.1. The van der Waals surface area contributed by atoms with E-state index < -0.39 is 0 Å². The Morgan fingerprint density at radius 3 is 2.52 bits per heavy atom. The summed E-state index contributed by atoms with van der Waals surface area (Å²) in [5.74, 6) is -0.0389. The summed E-state index contributed by atoms with van der Waals surface area (Å²) >= 11 is 5.85. The van der Waals surface area contributed by atoms with E-state index in [4.69, 9.17) is 16.0 Å². The van der Waals surface area contributed by atoms with Gasteiger partial charge < -0.3 is 14.6 Å². The van der Waals surface area contributed by atoms with Crippen LogP contribution < -0.4 is 5.32 Å². The molecule has 1 aromatic carbocycles. The molecule has 2 amide bonds. The van der Waals surface area contributed by atoms with Gasteiger partial charge in [0.25, 0.3) is 5.91 Å². The van der Waals surface area contributed by atoms with Crippen molar-refractivity contribution >= 4 is 23.4 Å². The molecule has 5 nitrogen and oxygen atoms in total. The van der Waals surface area contributed by atoms with Gasteiger partial charge in [-0.2, -0.15) is 0 Å². The number of halogens is 1. The second-order valence-corrected chi connectivity index (χ2v) is 5.55. The summed E-state index contributed by atoms with van der Waals surface area (Å²) in [6, 6.07) is 10.8. The van der Waals surface area contributed by atoms with Crippen molar-refractivity contribution in [3.05, 3.63) is 59.0 Å². The molecule has 0 atom stereocenters. The van der Waals surface area contributed by atoms with Gasteiger partial charge in [0, 0.05) is 31.6 Å². The Kier molecular flexibility index (Phi) is 6.23. The number of rotatable bonds is 7. The van der Waals surface area contributed by atoms with E-state index in [0.717, 1.165) is 12.0 Å². The zero-order valence-electron chi connectivity index (χ0n) is 12.9. The van der Waals surface area contributed by atoms with E-state index in [9.17, 15) is 9.59 Å². The predicted molar refractivity (Wildman–Crippen MR) is 88.5 cm³/mol. The van der Waals surface area contributed by atoms with Gasteiger partial charge in [0.2, 0.25) is 5.91 Å². The van der Waals surface area contributed by atoms with Gasteiger partial charge in [0.15, 0.2) is 5.76 Å². The molecule has 0 fully saturated rings. The standard InChI is InChI=1S/C17H19ClN2O3/c1-13(21)20(10-8-14-4-6-15(18)7-5-14)11-9-19-17(22)16-3-2-12-23-16/h2-7,12H,8-11H2,1H3,(H,19,22). The lowest BCUT2D eigenvalue weighted by atomic mass is 10.1. The molecule has 122 valence electrons. The molecular weight excluding hydrogens is 316 g/mol. The molecule has 0 aliphatic heterocycles. The highest BCUT2D eigenvalue weighted by atomic mass is 35.5. The molecule has 1 aromatic heterocycles. The molecule has 0 aliphatic carbocycles. The van der Waals surface area contributed by atoms with Crippen molar-refractivity contribution in [2.45, 2.75) is 13.3 Å². The van der Waals surface area contributed by atoms with Crippen molar-refractivity contribution in [2.75, 3.05) is 19.6 Å². The van der Waals surface area contributed by atoms with Crippen LogP contribution in [0.5, 0.6) is 0 Å². The predicted octanol–water partition coefficient (Wildman–Crippen LogP) is 2.75. The highest BCUT2D eigenvalue weighted by Crippen LogP contribution is 2.10. The van der Waals surface area contributed by atoms with E-state index in [2.05, 4.69) is 5.32 Å². The van der Waals surface area contributed by atoms with Crippen molar-refractivity contribution < 1.29 is 14.0 Å². The molecule has 2 rings (SSSR count). The van der Waals surface area contributed by atoms with Gasteiger partial charge in [-0.25, -0.2) is 0 Å². The number of hydrogen-bond donors (Lipinski definition) is 1. The lowest BCUT2D eigenvalue weighted by Gasteiger charge is -2.21. The molecule has 1 heterocycles. The lowest BCUT2D eigenvalue weighted by molar-refractivity contribution is -0.128. The van der Waals surface area contributed by atoms with Crippen LogP contribution >= 0.6 is 11.6 Å². The second-order valence-electron chi connectivity index (χ2n) is 5.12. The maximum absolute atomic E-state index is 11.7. The van der Waals surface area contributed by atoms with Gasteiger partial charge >= 0.3 is 0 Å². The molecule has 6 heteroatoms. The summed E-state index contributed by atoms with van der Waals surface area (Å²) in [7, 11) is 0. The van der Waals surface area contributed by atoms with Gasteiger partial charge in [0.1, 0.15) is 0 Å². The monoisotopic (exact) mass is 334 g/mol. The Morgan fingerprint density at radius 2 is 1.91 bits per heavy atom. The van der Waals surface area contributed by atoms with Crippen LogP contribution in [-0.4, -0.2) is 36.3 Å². The van der Waals surface area contributed by atoms with E-state index in [1.165, 1.54) is 13.2 Å². The fourth-order valence-corrected chi connectivity index (χ4v) is 2.27. The normalized spacial score (nSPS) is 10.3. The summed E-state index contributed by atoms with van der Waals surface area (Å²) in [5, 5.41) is 3.42. The van der Waals surface area contributed by atoms with Crippen LogP contribution in [0.2, 0.25) is 5.02 Å². The van der Waals surface area contributed by atoms with Crippen LogP contribution in [0.4, 0.5) is 0 Å². The van der Waals surface area contributed by atoms with E-state index in [-0.39, 0.29) is 17.6 Å². The first-order valence-corrected chi connectivity index (χ1v) is 7.75. The fraction of sp³-hybridized carbons (Fsp3) is 0.294. The van der Waals surface area contributed by atoms with Crippen molar-refractivity contribution in [1.82, 2.24) is 10.2 Å². The van der Waals surface area contributed by atoms with Gasteiger partial charge in [-0.05, 0) is 36.2 Å². The van der Waals surface area contributed by atoms with Gasteiger partial charge in [-0.15, -0.1) is 0 Å². The number of amides is 2. The summed E-state index contributed by atoms with van der Waals surface area (Å²) < 4.78 is 5.01. The summed E-state index contributed by atoms with van der Waals surface area (Å²) in [6.07, 6.45) is 2.19. The Hall–Kier alpha value is -2.27. The number of furan rings is 1. The number of nitrogens with zero attached hydrogens (tertiary/aromatic N) is 1. The number of hydrogen-bond acceptors (Lipinski definition) is 3.